The second kappa shape index (κ2) is 10.7. The van der Waals surface area contributed by atoms with Crippen LogP contribution in [-0.2, 0) is 4.79 Å². The molecule has 170 valence electrons. The van der Waals surface area contributed by atoms with E-state index in [0.29, 0.717) is 27.6 Å². The van der Waals surface area contributed by atoms with Gasteiger partial charge in [-0.3, -0.25) is 14.9 Å². The second-order valence-corrected chi connectivity index (χ2v) is 8.10. The predicted octanol–water partition coefficient (Wildman–Crippen LogP) is 5.36. The Morgan fingerprint density at radius 3 is 2.09 bits per heavy atom. The first-order valence-electron chi connectivity index (χ1n) is 10.3. The first-order valence-corrected chi connectivity index (χ1v) is 10.7. The van der Waals surface area contributed by atoms with Gasteiger partial charge in [-0.2, -0.15) is 0 Å². The molecule has 0 spiro atoms. The first kappa shape index (κ1) is 23.8. The Morgan fingerprint density at radius 1 is 0.818 bits per heavy atom. The Bertz CT molecular complexity index is 1160. The fraction of sp³-hybridized carbons (Fsp3) is 0.160. The van der Waals surface area contributed by atoms with Gasteiger partial charge in [0.15, 0.2) is 0 Å². The molecule has 0 fully saturated rings. The number of hydrogen-bond acceptors (Lipinski definition) is 4. The molecule has 8 heteroatoms. The highest BCUT2D eigenvalue weighted by molar-refractivity contribution is 6.30. The normalized spacial score (nSPS) is 11.3. The molecule has 33 heavy (non-hydrogen) atoms. The van der Waals surface area contributed by atoms with Crippen LogP contribution in [-0.4, -0.2) is 23.9 Å². The molecule has 0 aliphatic rings. The SMILES string of the molecule is Cc1ccc(NC(=O)NC(=O)C(C)Nc2ccc(NC(=O)c3ccc(Cl)cc3)cc2)c(C)c1. The number of halogens is 1. The number of anilines is 3. The molecular weight excluding hydrogens is 440 g/mol. The summed E-state index contributed by atoms with van der Waals surface area (Å²) in [5.41, 5.74) is 4.39. The topological polar surface area (TPSA) is 99.3 Å². The number of aryl methyl sites for hydroxylation is 2. The molecular formula is C25H25ClN4O3. The van der Waals surface area contributed by atoms with Crippen LogP contribution in [0.15, 0.2) is 66.7 Å². The molecule has 0 bridgehead atoms. The summed E-state index contributed by atoms with van der Waals surface area (Å²) < 4.78 is 0. The lowest BCUT2D eigenvalue weighted by Gasteiger charge is -2.16. The van der Waals surface area contributed by atoms with Crippen molar-refractivity contribution in [1.29, 1.82) is 0 Å². The molecule has 0 saturated heterocycles. The van der Waals surface area contributed by atoms with Crippen molar-refractivity contribution in [2.24, 2.45) is 0 Å². The van der Waals surface area contributed by atoms with Crippen molar-refractivity contribution in [1.82, 2.24) is 5.32 Å². The van der Waals surface area contributed by atoms with Gasteiger partial charge in [-0.1, -0.05) is 29.3 Å². The molecule has 4 amide bonds. The van der Waals surface area contributed by atoms with Crippen LogP contribution in [0.1, 0.15) is 28.4 Å². The van der Waals surface area contributed by atoms with Crippen LogP contribution in [0.5, 0.6) is 0 Å². The van der Waals surface area contributed by atoms with Crippen LogP contribution in [0.4, 0.5) is 21.9 Å². The zero-order valence-electron chi connectivity index (χ0n) is 18.5. The molecule has 0 aromatic heterocycles. The lowest BCUT2D eigenvalue weighted by atomic mass is 10.1. The van der Waals surface area contributed by atoms with Gasteiger partial charge >= 0.3 is 6.03 Å². The molecule has 0 radical (unpaired) electrons. The van der Waals surface area contributed by atoms with Crippen molar-refractivity contribution in [2.75, 3.05) is 16.0 Å². The van der Waals surface area contributed by atoms with Gasteiger partial charge < -0.3 is 16.0 Å². The van der Waals surface area contributed by atoms with E-state index in [1.54, 1.807) is 61.5 Å². The molecule has 0 saturated carbocycles. The third-order valence-electron chi connectivity index (χ3n) is 4.89. The Morgan fingerprint density at radius 2 is 1.45 bits per heavy atom. The van der Waals surface area contributed by atoms with Gasteiger partial charge in [-0.25, -0.2) is 4.79 Å². The van der Waals surface area contributed by atoms with E-state index in [1.807, 2.05) is 26.0 Å². The standard InChI is InChI=1S/C25H25ClN4O3/c1-15-4-13-22(16(2)14-15)29-25(33)30-23(31)17(3)27-20-9-11-21(12-10-20)28-24(32)18-5-7-19(26)8-6-18/h4-14,17,27H,1-3H3,(H,28,32)(H2,29,30,31,33). The highest BCUT2D eigenvalue weighted by atomic mass is 35.5. The average molecular weight is 465 g/mol. The number of carbonyl (C=O) groups excluding carboxylic acids is 3. The molecule has 0 heterocycles. The van der Waals surface area contributed by atoms with E-state index in [2.05, 4.69) is 21.3 Å². The summed E-state index contributed by atoms with van der Waals surface area (Å²) in [6, 6.07) is 17.9. The number of imide groups is 1. The summed E-state index contributed by atoms with van der Waals surface area (Å²) in [6.07, 6.45) is 0. The maximum Gasteiger partial charge on any atom is 0.325 e. The largest absolute Gasteiger partial charge is 0.374 e. The number of rotatable bonds is 6. The van der Waals surface area contributed by atoms with E-state index in [-0.39, 0.29) is 5.91 Å². The summed E-state index contributed by atoms with van der Waals surface area (Å²) in [4.78, 5) is 36.8. The van der Waals surface area contributed by atoms with E-state index in [0.717, 1.165) is 11.1 Å². The number of carbonyl (C=O) groups is 3. The Balaban J connectivity index is 1.51. The number of benzene rings is 3. The van der Waals surface area contributed by atoms with Crippen LogP contribution < -0.4 is 21.3 Å². The van der Waals surface area contributed by atoms with Crippen LogP contribution in [0.25, 0.3) is 0 Å². The Kier molecular flexibility index (Phi) is 7.69. The second-order valence-electron chi connectivity index (χ2n) is 7.67. The van der Waals surface area contributed by atoms with Gasteiger partial charge in [0.1, 0.15) is 6.04 Å². The lowest BCUT2D eigenvalue weighted by molar-refractivity contribution is -0.120. The molecule has 4 N–H and O–H groups in total. The van der Waals surface area contributed by atoms with Gasteiger partial charge in [0, 0.05) is 27.6 Å². The van der Waals surface area contributed by atoms with Crippen molar-refractivity contribution in [3.05, 3.63) is 88.4 Å². The van der Waals surface area contributed by atoms with Gasteiger partial charge in [0.2, 0.25) is 5.91 Å². The van der Waals surface area contributed by atoms with Gasteiger partial charge in [0.05, 0.1) is 0 Å². The third-order valence-corrected chi connectivity index (χ3v) is 5.14. The van der Waals surface area contributed by atoms with Crippen LogP contribution in [0.3, 0.4) is 0 Å². The van der Waals surface area contributed by atoms with Crippen molar-refractivity contribution < 1.29 is 14.4 Å². The number of urea groups is 1. The van der Waals surface area contributed by atoms with E-state index in [9.17, 15) is 14.4 Å². The highest BCUT2D eigenvalue weighted by Crippen LogP contribution is 2.17. The van der Waals surface area contributed by atoms with Crippen molar-refractivity contribution in [3.63, 3.8) is 0 Å². The first-order chi connectivity index (χ1) is 15.7. The number of amides is 4. The maximum atomic E-state index is 12.4. The quantitative estimate of drug-likeness (QED) is 0.394. The van der Waals surface area contributed by atoms with Crippen molar-refractivity contribution in [2.45, 2.75) is 26.8 Å². The molecule has 1 unspecified atom stereocenters. The molecule has 0 aliphatic carbocycles. The molecule has 0 aliphatic heterocycles. The zero-order valence-corrected chi connectivity index (χ0v) is 19.3. The summed E-state index contributed by atoms with van der Waals surface area (Å²) in [6.45, 7) is 5.50. The van der Waals surface area contributed by atoms with Crippen LogP contribution >= 0.6 is 11.6 Å². The monoisotopic (exact) mass is 464 g/mol. The molecule has 3 rings (SSSR count). The maximum absolute atomic E-state index is 12.4. The van der Waals surface area contributed by atoms with Crippen LogP contribution in [0.2, 0.25) is 5.02 Å². The minimum absolute atomic E-state index is 0.255. The van der Waals surface area contributed by atoms with Gasteiger partial charge in [-0.15, -0.1) is 0 Å². The van der Waals surface area contributed by atoms with E-state index in [1.165, 1.54) is 0 Å². The van der Waals surface area contributed by atoms with Crippen LogP contribution in [0, 0.1) is 13.8 Å². The molecule has 3 aromatic carbocycles. The van der Waals surface area contributed by atoms with Gasteiger partial charge in [-0.05, 0) is 80.9 Å². The minimum Gasteiger partial charge on any atom is -0.374 e. The molecule has 1 atom stereocenters. The van der Waals surface area contributed by atoms with Crippen molar-refractivity contribution in [3.8, 4) is 0 Å². The number of nitrogens with one attached hydrogen (secondary N) is 4. The summed E-state index contributed by atoms with van der Waals surface area (Å²) >= 11 is 5.84. The Labute approximate surface area is 197 Å². The predicted molar refractivity (Wildman–Crippen MR) is 132 cm³/mol. The van der Waals surface area contributed by atoms with E-state index in [4.69, 9.17) is 11.6 Å². The van der Waals surface area contributed by atoms with E-state index >= 15 is 0 Å². The number of hydrogen-bond donors (Lipinski definition) is 4. The third kappa shape index (κ3) is 6.82. The molecule has 7 nitrogen and oxygen atoms in total. The Hall–Kier alpha value is -3.84. The molecule has 3 aromatic rings. The van der Waals surface area contributed by atoms with Crippen molar-refractivity contribution >= 4 is 46.5 Å². The zero-order chi connectivity index (χ0) is 24.0. The minimum atomic E-state index is -0.663. The fourth-order valence-corrected chi connectivity index (χ4v) is 3.22. The van der Waals surface area contributed by atoms with Gasteiger partial charge in [0.25, 0.3) is 5.91 Å². The lowest BCUT2D eigenvalue weighted by Crippen LogP contribution is -2.43. The smallest absolute Gasteiger partial charge is 0.325 e. The summed E-state index contributed by atoms with van der Waals surface area (Å²) in [7, 11) is 0. The fourth-order valence-electron chi connectivity index (χ4n) is 3.10. The van der Waals surface area contributed by atoms with E-state index < -0.39 is 18.0 Å². The summed E-state index contributed by atoms with van der Waals surface area (Å²) in [5.74, 6) is -0.729. The summed E-state index contributed by atoms with van der Waals surface area (Å²) in [5, 5.41) is 11.4. The average Bonchev–Trinajstić information content (AvgIpc) is 2.77. The highest BCUT2D eigenvalue weighted by Gasteiger charge is 2.16.